The van der Waals surface area contributed by atoms with Gasteiger partial charge in [-0.2, -0.15) is 0 Å². The fourth-order valence-corrected chi connectivity index (χ4v) is 3.64. The number of ether oxygens (including phenoxy) is 3. The van der Waals surface area contributed by atoms with Crippen molar-refractivity contribution >= 4 is 28.6 Å². The van der Waals surface area contributed by atoms with Gasteiger partial charge in [-0.3, -0.25) is 4.98 Å². The van der Waals surface area contributed by atoms with Gasteiger partial charge in [-0.1, -0.05) is 18.2 Å². The van der Waals surface area contributed by atoms with E-state index >= 15 is 0 Å². The number of thioether (sulfide) groups is 1. The highest BCUT2D eigenvalue weighted by Gasteiger charge is 2.19. The molecule has 0 radical (unpaired) electrons. The quantitative estimate of drug-likeness (QED) is 0.491. The molecule has 0 spiro atoms. The average Bonchev–Trinajstić information content (AvgIpc) is 3.12. The Kier molecular flexibility index (Phi) is 4.67. The van der Waals surface area contributed by atoms with Crippen molar-refractivity contribution in [1.82, 2.24) is 4.98 Å². The molecule has 2 aromatic carbocycles. The van der Waals surface area contributed by atoms with Gasteiger partial charge >= 0.3 is 5.97 Å². The first-order chi connectivity index (χ1) is 12.7. The Labute approximate surface area is 155 Å². The van der Waals surface area contributed by atoms with Crippen molar-refractivity contribution in [1.29, 1.82) is 0 Å². The zero-order chi connectivity index (χ0) is 17.9. The van der Waals surface area contributed by atoms with Crippen LogP contribution in [-0.2, 0) is 10.5 Å². The van der Waals surface area contributed by atoms with Crippen molar-refractivity contribution in [2.75, 3.05) is 13.4 Å². The lowest BCUT2D eigenvalue weighted by Gasteiger charge is -2.11. The first-order valence-electron chi connectivity index (χ1n) is 8.33. The van der Waals surface area contributed by atoms with Crippen molar-refractivity contribution < 1.29 is 19.0 Å². The van der Waals surface area contributed by atoms with Crippen molar-refractivity contribution in [2.24, 2.45) is 0 Å². The normalized spacial score (nSPS) is 12.3. The number of aromatic nitrogens is 1. The first-order valence-corrected chi connectivity index (χ1v) is 9.31. The minimum Gasteiger partial charge on any atom is -0.462 e. The van der Waals surface area contributed by atoms with E-state index in [-0.39, 0.29) is 12.8 Å². The summed E-state index contributed by atoms with van der Waals surface area (Å²) in [7, 11) is 0. The number of hydrogen-bond acceptors (Lipinski definition) is 6. The number of pyridine rings is 1. The van der Waals surface area contributed by atoms with Crippen molar-refractivity contribution in [3.05, 3.63) is 59.8 Å². The highest BCUT2D eigenvalue weighted by Crippen LogP contribution is 2.36. The SMILES string of the molecule is CCOC(=O)c1cc2cc3c(cc2nc1CSc1ccccc1)OCO3. The number of benzene rings is 2. The monoisotopic (exact) mass is 367 g/mol. The number of nitrogens with zero attached hydrogens (tertiary/aromatic N) is 1. The molecule has 0 aliphatic carbocycles. The fourth-order valence-electron chi connectivity index (χ4n) is 2.77. The van der Waals surface area contributed by atoms with Crippen LogP contribution in [0, 0.1) is 0 Å². The van der Waals surface area contributed by atoms with Crippen LogP contribution in [0.3, 0.4) is 0 Å². The van der Waals surface area contributed by atoms with Crippen LogP contribution in [0.4, 0.5) is 0 Å². The number of rotatable bonds is 5. The summed E-state index contributed by atoms with van der Waals surface area (Å²) in [5.74, 6) is 1.56. The topological polar surface area (TPSA) is 57.7 Å². The molecule has 1 aliphatic heterocycles. The molecule has 26 heavy (non-hydrogen) atoms. The van der Waals surface area contributed by atoms with Crippen LogP contribution in [-0.4, -0.2) is 24.4 Å². The number of carbonyl (C=O) groups excluding carboxylic acids is 1. The van der Waals surface area contributed by atoms with Crippen LogP contribution in [0.2, 0.25) is 0 Å². The number of esters is 1. The molecule has 0 saturated carbocycles. The van der Waals surface area contributed by atoms with Crippen LogP contribution in [0.1, 0.15) is 23.0 Å². The Bertz CT molecular complexity index is 959. The van der Waals surface area contributed by atoms with Crippen LogP contribution >= 0.6 is 11.8 Å². The van der Waals surface area contributed by atoms with E-state index < -0.39 is 0 Å². The molecule has 0 atom stereocenters. The van der Waals surface area contributed by atoms with E-state index in [1.807, 2.05) is 48.5 Å². The Morgan fingerprint density at radius 1 is 1.15 bits per heavy atom. The maximum absolute atomic E-state index is 12.4. The molecule has 3 aromatic rings. The van der Waals surface area contributed by atoms with Gasteiger partial charge in [-0.25, -0.2) is 4.79 Å². The molecule has 0 amide bonds. The molecule has 6 heteroatoms. The van der Waals surface area contributed by atoms with E-state index in [2.05, 4.69) is 0 Å². The summed E-state index contributed by atoms with van der Waals surface area (Å²) >= 11 is 1.63. The van der Waals surface area contributed by atoms with E-state index in [4.69, 9.17) is 19.2 Å². The molecule has 1 aromatic heterocycles. The Hall–Kier alpha value is -2.73. The van der Waals surface area contributed by atoms with Crippen molar-refractivity contribution in [3.8, 4) is 11.5 Å². The van der Waals surface area contributed by atoms with Crippen LogP contribution in [0.5, 0.6) is 11.5 Å². The second-order valence-corrected chi connectivity index (χ2v) is 6.75. The third kappa shape index (κ3) is 3.32. The molecule has 4 rings (SSSR count). The summed E-state index contributed by atoms with van der Waals surface area (Å²) in [5, 5.41) is 0.825. The van der Waals surface area contributed by atoms with E-state index in [9.17, 15) is 4.79 Å². The third-order valence-corrected chi connectivity index (χ3v) is 5.03. The lowest BCUT2D eigenvalue weighted by Crippen LogP contribution is -2.09. The molecule has 132 valence electrons. The average molecular weight is 367 g/mol. The Balaban J connectivity index is 1.73. The predicted octanol–water partition coefficient (Wildman–Crippen LogP) is 4.43. The van der Waals surface area contributed by atoms with Gasteiger partial charge in [-0.05, 0) is 31.2 Å². The molecule has 5 nitrogen and oxygen atoms in total. The number of fused-ring (bicyclic) bond motifs is 2. The maximum Gasteiger partial charge on any atom is 0.340 e. The van der Waals surface area contributed by atoms with E-state index in [0.29, 0.717) is 35.1 Å². The lowest BCUT2D eigenvalue weighted by atomic mass is 10.1. The highest BCUT2D eigenvalue weighted by molar-refractivity contribution is 7.98. The van der Waals surface area contributed by atoms with Gasteiger partial charge in [-0.15, -0.1) is 11.8 Å². The largest absolute Gasteiger partial charge is 0.462 e. The third-order valence-electron chi connectivity index (χ3n) is 4.00. The molecule has 0 N–H and O–H groups in total. The molecule has 0 saturated heterocycles. The summed E-state index contributed by atoms with van der Waals surface area (Å²) in [5.41, 5.74) is 1.95. The molecule has 1 aliphatic rings. The molecule has 0 fully saturated rings. The molecule has 2 heterocycles. The van der Waals surface area contributed by atoms with Gasteiger partial charge in [0.25, 0.3) is 0 Å². The minimum atomic E-state index is -0.358. The smallest absolute Gasteiger partial charge is 0.340 e. The van der Waals surface area contributed by atoms with Crippen LogP contribution < -0.4 is 9.47 Å². The first kappa shape index (κ1) is 16.7. The van der Waals surface area contributed by atoms with Crippen molar-refractivity contribution in [3.63, 3.8) is 0 Å². The van der Waals surface area contributed by atoms with Gasteiger partial charge in [0.15, 0.2) is 11.5 Å². The van der Waals surface area contributed by atoms with Crippen molar-refractivity contribution in [2.45, 2.75) is 17.6 Å². The van der Waals surface area contributed by atoms with Gasteiger partial charge in [0, 0.05) is 22.1 Å². The summed E-state index contributed by atoms with van der Waals surface area (Å²) in [6.07, 6.45) is 0. The van der Waals surface area contributed by atoms with E-state index in [0.717, 1.165) is 15.8 Å². The standard InChI is InChI=1S/C20H17NO4S/c1-2-23-20(22)15-8-13-9-18-19(25-12-24-18)10-16(13)21-17(15)11-26-14-6-4-3-5-7-14/h3-10H,2,11-12H2,1H3. The molecular weight excluding hydrogens is 350 g/mol. The zero-order valence-corrected chi connectivity index (χ0v) is 15.0. The van der Waals surface area contributed by atoms with Gasteiger partial charge < -0.3 is 14.2 Å². The van der Waals surface area contributed by atoms with E-state index in [1.165, 1.54) is 0 Å². The summed E-state index contributed by atoms with van der Waals surface area (Å²) < 4.78 is 16.1. The number of carbonyl (C=O) groups is 1. The predicted molar refractivity (Wildman–Crippen MR) is 99.8 cm³/mol. The molecule has 0 bridgehead atoms. The fraction of sp³-hybridized carbons (Fsp3) is 0.200. The summed E-state index contributed by atoms with van der Waals surface area (Å²) in [4.78, 5) is 18.3. The molecule has 0 unspecified atom stereocenters. The Morgan fingerprint density at radius 3 is 2.69 bits per heavy atom. The summed E-state index contributed by atoms with van der Waals surface area (Å²) in [6, 6.07) is 15.5. The maximum atomic E-state index is 12.4. The highest BCUT2D eigenvalue weighted by atomic mass is 32.2. The summed E-state index contributed by atoms with van der Waals surface area (Å²) in [6.45, 7) is 2.32. The van der Waals surface area contributed by atoms with E-state index in [1.54, 1.807) is 18.7 Å². The molecular formula is C20H17NO4S. The van der Waals surface area contributed by atoms with Gasteiger partial charge in [0.1, 0.15) is 0 Å². The minimum absolute atomic E-state index is 0.201. The van der Waals surface area contributed by atoms with Crippen LogP contribution in [0.15, 0.2) is 53.4 Å². The second-order valence-electron chi connectivity index (χ2n) is 5.70. The van der Waals surface area contributed by atoms with Crippen LogP contribution in [0.25, 0.3) is 10.9 Å². The lowest BCUT2D eigenvalue weighted by molar-refractivity contribution is 0.0525. The number of hydrogen-bond donors (Lipinski definition) is 0. The van der Waals surface area contributed by atoms with Gasteiger partial charge in [0.05, 0.1) is 23.4 Å². The Morgan fingerprint density at radius 2 is 1.92 bits per heavy atom. The zero-order valence-electron chi connectivity index (χ0n) is 14.2. The second kappa shape index (κ2) is 7.25. The van der Waals surface area contributed by atoms with Gasteiger partial charge in [0.2, 0.25) is 6.79 Å².